The number of carbonyl (C=O) groups excluding carboxylic acids is 2. The lowest BCUT2D eigenvalue weighted by molar-refractivity contribution is -0.124. The van der Waals surface area contributed by atoms with Crippen molar-refractivity contribution in [1.29, 1.82) is 0 Å². The Morgan fingerprint density at radius 3 is 2.17 bits per heavy atom. The van der Waals surface area contributed by atoms with Crippen molar-refractivity contribution in [2.24, 2.45) is 17.8 Å². The SMILES string of the molecule is O=C(CSc1ccccc1C(=O)Oc1ccccc1)NC12CC3CC(CC(C3)C1)C2. The van der Waals surface area contributed by atoms with Gasteiger partial charge in [-0.15, -0.1) is 11.8 Å². The number of rotatable bonds is 6. The second-order valence-electron chi connectivity index (χ2n) is 9.23. The predicted molar refractivity (Wildman–Crippen MR) is 118 cm³/mol. The molecule has 6 rings (SSSR count). The van der Waals surface area contributed by atoms with Gasteiger partial charge in [-0.05, 0) is 80.5 Å². The summed E-state index contributed by atoms with van der Waals surface area (Å²) in [5.41, 5.74) is 0.520. The summed E-state index contributed by atoms with van der Waals surface area (Å²) in [6.45, 7) is 0. The molecule has 4 fully saturated rings. The van der Waals surface area contributed by atoms with Gasteiger partial charge in [0, 0.05) is 10.4 Å². The number of ether oxygens (including phenoxy) is 1. The molecule has 2 aromatic carbocycles. The van der Waals surface area contributed by atoms with Crippen molar-refractivity contribution in [2.45, 2.75) is 49.0 Å². The van der Waals surface area contributed by atoms with Gasteiger partial charge in [-0.2, -0.15) is 0 Å². The zero-order valence-corrected chi connectivity index (χ0v) is 17.8. The van der Waals surface area contributed by atoms with Crippen LogP contribution in [0.4, 0.5) is 0 Å². The van der Waals surface area contributed by atoms with E-state index in [1.807, 2.05) is 36.4 Å². The van der Waals surface area contributed by atoms with Gasteiger partial charge in [0.1, 0.15) is 5.75 Å². The summed E-state index contributed by atoms with van der Waals surface area (Å²) in [5, 5.41) is 3.41. The molecular formula is C25H27NO3S. The maximum atomic E-state index is 12.8. The highest BCUT2D eigenvalue weighted by atomic mass is 32.2. The third-order valence-corrected chi connectivity index (χ3v) is 7.94. The molecular weight excluding hydrogens is 394 g/mol. The smallest absolute Gasteiger partial charge is 0.344 e. The Kier molecular flexibility index (Phi) is 5.32. The largest absolute Gasteiger partial charge is 0.423 e. The fourth-order valence-electron chi connectivity index (χ4n) is 6.15. The van der Waals surface area contributed by atoms with Crippen LogP contribution in [0, 0.1) is 17.8 Å². The van der Waals surface area contributed by atoms with E-state index in [1.54, 1.807) is 18.2 Å². The van der Waals surface area contributed by atoms with Crippen LogP contribution in [0.1, 0.15) is 48.9 Å². The summed E-state index contributed by atoms with van der Waals surface area (Å²) in [6, 6.07) is 16.4. The minimum atomic E-state index is -0.397. The molecule has 0 saturated heterocycles. The van der Waals surface area contributed by atoms with E-state index in [1.165, 1.54) is 31.0 Å². The van der Waals surface area contributed by atoms with E-state index in [0.717, 1.165) is 41.9 Å². The Morgan fingerprint density at radius 2 is 1.50 bits per heavy atom. The zero-order valence-electron chi connectivity index (χ0n) is 17.0. The highest BCUT2D eigenvalue weighted by Gasteiger charge is 2.51. The number of carbonyl (C=O) groups is 2. The molecule has 4 nitrogen and oxygen atoms in total. The maximum Gasteiger partial charge on any atom is 0.344 e. The van der Waals surface area contributed by atoms with Crippen LogP contribution in [0.15, 0.2) is 59.5 Å². The first-order valence-electron chi connectivity index (χ1n) is 10.9. The lowest BCUT2D eigenvalue weighted by Gasteiger charge is -2.56. The second kappa shape index (κ2) is 8.10. The van der Waals surface area contributed by atoms with Crippen LogP contribution >= 0.6 is 11.8 Å². The van der Waals surface area contributed by atoms with Crippen LogP contribution in [-0.4, -0.2) is 23.2 Å². The molecule has 0 aliphatic heterocycles. The lowest BCUT2D eigenvalue weighted by Crippen LogP contribution is -2.60. The van der Waals surface area contributed by atoms with E-state index in [4.69, 9.17) is 4.74 Å². The molecule has 4 bridgehead atoms. The van der Waals surface area contributed by atoms with E-state index in [9.17, 15) is 9.59 Å². The summed E-state index contributed by atoms with van der Waals surface area (Å²) in [7, 11) is 0. The third kappa shape index (κ3) is 4.13. The minimum absolute atomic E-state index is 0.0259. The molecule has 30 heavy (non-hydrogen) atoms. The van der Waals surface area contributed by atoms with Crippen molar-refractivity contribution in [1.82, 2.24) is 5.32 Å². The molecule has 0 radical (unpaired) electrons. The monoisotopic (exact) mass is 421 g/mol. The van der Waals surface area contributed by atoms with Crippen molar-refractivity contribution < 1.29 is 14.3 Å². The third-order valence-electron chi connectivity index (χ3n) is 6.86. The van der Waals surface area contributed by atoms with Crippen LogP contribution in [0.25, 0.3) is 0 Å². The number of hydrogen-bond acceptors (Lipinski definition) is 4. The first-order valence-corrected chi connectivity index (χ1v) is 11.9. The molecule has 0 aromatic heterocycles. The van der Waals surface area contributed by atoms with Gasteiger partial charge < -0.3 is 10.1 Å². The number of thioether (sulfide) groups is 1. The van der Waals surface area contributed by atoms with Gasteiger partial charge in [-0.3, -0.25) is 4.79 Å². The first-order chi connectivity index (χ1) is 14.6. The van der Waals surface area contributed by atoms with E-state index in [2.05, 4.69) is 5.32 Å². The van der Waals surface area contributed by atoms with Crippen molar-refractivity contribution in [2.75, 3.05) is 5.75 Å². The van der Waals surface area contributed by atoms with Gasteiger partial charge >= 0.3 is 5.97 Å². The van der Waals surface area contributed by atoms with Gasteiger partial charge in [0.2, 0.25) is 5.91 Å². The molecule has 0 atom stereocenters. The highest BCUT2D eigenvalue weighted by molar-refractivity contribution is 8.00. The summed E-state index contributed by atoms with van der Waals surface area (Å²) >= 11 is 1.41. The Bertz CT molecular complexity index is 907. The number of benzene rings is 2. The lowest BCUT2D eigenvalue weighted by atomic mass is 9.53. The Morgan fingerprint density at radius 1 is 0.900 bits per heavy atom. The average molecular weight is 422 g/mol. The molecule has 0 unspecified atom stereocenters. The van der Waals surface area contributed by atoms with E-state index in [-0.39, 0.29) is 11.4 Å². The van der Waals surface area contributed by atoms with E-state index in [0.29, 0.717) is 17.1 Å². The van der Waals surface area contributed by atoms with Crippen LogP contribution < -0.4 is 10.1 Å². The molecule has 1 N–H and O–H groups in total. The number of para-hydroxylation sites is 1. The molecule has 4 aliphatic carbocycles. The molecule has 156 valence electrons. The summed E-state index contributed by atoms with van der Waals surface area (Å²) in [6.07, 6.45) is 7.53. The summed E-state index contributed by atoms with van der Waals surface area (Å²) < 4.78 is 5.49. The van der Waals surface area contributed by atoms with Crippen molar-refractivity contribution in [3.05, 3.63) is 60.2 Å². The summed E-state index contributed by atoms with van der Waals surface area (Å²) in [4.78, 5) is 26.2. The zero-order chi connectivity index (χ0) is 20.6. The number of esters is 1. The molecule has 4 saturated carbocycles. The van der Waals surface area contributed by atoms with E-state index >= 15 is 0 Å². The van der Waals surface area contributed by atoms with Crippen molar-refractivity contribution in [3.8, 4) is 5.75 Å². The van der Waals surface area contributed by atoms with Gasteiger partial charge in [0.15, 0.2) is 0 Å². The van der Waals surface area contributed by atoms with Gasteiger partial charge in [0.05, 0.1) is 11.3 Å². The predicted octanol–water partition coefficient (Wildman–Crippen LogP) is 5.08. The fourth-order valence-corrected chi connectivity index (χ4v) is 6.99. The molecule has 0 spiro atoms. The van der Waals surface area contributed by atoms with Crippen molar-refractivity contribution >= 4 is 23.6 Å². The van der Waals surface area contributed by atoms with Crippen LogP contribution in [-0.2, 0) is 4.79 Å². The van der Waals surface area contributed by atoms with Crippen LogP contribution in [0.2, 0.25) is 0 Å². The molecule has 2 aromatic rings. The van der Waals surface area contributed by atoms with E-state index < -0.39 is 5.97 Å². The quantitative estimate of drug-likeness (QED) is 0.401. The topological polar surface area (TPSA) is 55.4 Å². The highest BCUT2D eigenvalue weighted by Crippen LogP contribution is 2.55. The normalized spacial score (nSPS) is 28.9. The fraction of sp³-hybridized carbons (Fsp3) is 0.440. The van der Waals surface area contributed by atoms with Crippen LogP contribution in [0.5, 0.6) is 5.75 Å². The van der Waals surface area contributed by atoms with Gasteiger partial charge in [0.25, 0.3) is 0 Å². The maximum absolute atomic E-state index is 12.8. The Labute approximate surface area is 181 Å². The Balaban J connectivity index is 1.22. The number of hydrogen-bond donors (Lipinski definition) is 1. The van der Waals surface area contributed by atoms with Gasteiger partial charge in [-0.1, -0.05) is 30.3 Å². The number of nitrogens with one attached hydrogen (secondary N) is 1. The first kappa shape index (κ1) is 19.7. The standard InChI is InChI=1S/C25H27NO3S/c27-23(26-25-13-17-10-18(14-25)12-19(11-17)15-25)16-30-22-9-5-4-8-21(22)24(28)29-20-6-2-1-3-7-20/h1-9,17-19H,10-16H2,(H,26,27). The molecule has 5 heteroatoms. The minimum Gasteiger partial charge on any atom is -0.423 e. The number of amides is 1. The van der Waals surface area contributed by atoms with Crippen LogP contribution in [0.3, 0.4) is 0 Å². The average Bonchev–Trinajstić information content (AvgIpc) is 2.72. The molecule has 1 amide bonds. The molecule has 4 aliphatic rings. The second-order valence-corrected chi connectivity index (χ2v) is 10.3. The summed E-state index contributed by atoms with van der Waals surface area (Å²) in [5.74, 6) is 2.92. The Hall–Kier alpha value is -2.27. The molecule has 0 heterocycles. The van der Waals surface area contributed by atoms with Gasteiger partial charge in [-0.25, -0.2) is 4.79 Å². The van der Waals surface area contributed by atoms with Crippen molar-refractivity contribution in [3.63, 3.8) is 0 Å².